The minimum Gasteiger partial charge on any atom is -0.317 e. The molecule has 6 heteroatoms. The second-order valence-corrected chi connectivity index (χ2v) is 5.41. The molecule has 1 saturated heterocycles. The van der Waals surface area contributed by atoms with Gasteiger partial charge in [-0.25, -0.2) is 0 Å². The van der Waals surface area contributed by atoms with Gasteiger partial charge < -0.3 is 5.32 Å². The van der Waals surface area contributed by atoms with Crippen LogP contribution in [0.25, 0.3) is 0 Å². The van der Waals surface area contributed by atoms with Gasteiger partial charge in [-0.3, -0.25) is 15.0 Å². The normalized spacial score (nSPS) is 16.4. The highest BCUT2D eigenvalue weighted by atomic mass is 35.5. The van der Waals surface area contributed by atoms with E-state index in [1.54, 1.807) is 12.1 Å². The molecule has 0 amide bonds. The van der Waals surface area contributed by atoms with Gasteiger partial charge in [-0.2, -0.15) is 0 Å². The van der Waals surface area contributed by atoms with Crippen molar-refractivity contribution < 1.29 is 4.92 Å². The van der Waals surface area contributed by atoms with Crippen molar-refractivity contribution in [2.75, 3.05) is 26.2 Å². The number of rotatable bonds is 6. The fourth-order valence-corrected chi connectivity index (χ4v) is 2.76. The molecule has 1 N–H and O–H groups in total. The Balaban J connectivity index is 0.00000220. The summed E-state index contributed by atoms with van der Waals surface area (Å²) in [4.78, 5) is 13.1. The van der Waals surface area contributed by atoms with Gasteiger partial charge >= 0.3 is 0 Å². The Labute approximate surface area is 132 Å². The lowest BCUT2D eigenvalue weighted by Crippen LogP contribution is -2.36. The van der Waals surface area contributed by atoms with Gasteiger partial charge in [0.05, 0.1) is 4.92 Å². The third-order valence-electron chi connectivity index (χ3n) is 3.97. The molecule has 5 nitrogen and oxygen atoms in total. The van der Waals surface area contributed by atoms with Gasteiger partial charge in [-0.15, -0.1) is 12.4 Å². The summed E-state index contributed by atoms with van der Waals surface area (Å²) in [6.07, 6.45) is 2.35. The molecule has 0 unspecified atom stereocenters. The number of para-hydroxylation sites is 1. The lowest BCUT2D eigenvalue weighted by molar-refractivity contribution is -0.385. The number of nitro groups is 1. The zero-order chi connectivity index (χ0) is 14.4. The van der Waals surface area contributed by atoms with Crippen LogP contribution in [-0.4, -0.2) is 36.0 Å². The fraction of sp³-hybridized carbons (Fsp3) is 0.600. The summed E-state index contributed by atoms with van der Waals surface area (Å²) in [5, 5.41) is 14.4. The smallest absolute Gasteiger partial charge is 0.273 e. The number of hydrogen-bond acceptors (Lipinski definition) is 4. The Morgan fingerprint density at radius 1 is 1.33 bits per heavy atom. The molecule has 118 valence electrons. The lowest BCUT2D eigenvalue weighted by atomic mass is 9.96. The lowest BCUT2D eigenvalue weighted by Gasteiger charge is -2.31. The highest BCUT2D eigenvalue weighted by molar-refractivity contribution is 5.85. The molecule has 0 radical (unpaired) electrons. The maximum absolute atomic E-state index is 11.0. The SMILES string of the molecule is CCNCC1CCN(Cc2ccccc2[N+](=O)[O-])CC1.Cl. The van der Waals surface area contributed by atoms with Crippen molar-refractivity contribution in [3.63, 3.8) is 0 Å². The van der Waals surface area contributed by atoms with Gasteiger partial charge in [0.1, 0.15) is 0 Å². The van der Waals surface area contributed by atoms with E-state index in [2.05, 4.69) is 17.1 Å². The van der Waals surface area contributed by atoms with E-state index in [0.29, 0.717) is 6.54 Å². The van der Waals surface area contributed by atoms with Crippen molar-refractivity contribution in [3.05, 3.63) is 39.9 Å². The van der Waals surface area contributed by atoms with Gasteiger partial charge in [-0.1, -0.05) is 25.1 Å². The molecular weight excluding hydrogens is 290 g/mol. The van der Waals surface area contributed by atoms with Crippen LogP contribution in [0.3, 0.4) is 0 Å². The van der Waals surface area contributed by atoms with Crippen LogP contribution in [0.5, 0.6) is 0 Å². The molecule has 0 spiro atoms. The molecule has 1 heterocycles. The summed E-state index contributed by atoms with van der Waals surface area (Å²) < 4.78 is 0. The van der Waals surface area contributed by atoms with Crippen LogP contribution in [-0.2, 0) is 6.54 Å². The Hall–Kier alpha value is -1.17. The zero-order valence-corrected chi connectivity index (χ0v) is 13.3. The minimum absolute atomic E-state index is 0. The summed E-state index contributed by atoms with van der Waals surface area (Å²) in [5.74, 6) is 0.747. The molecule has 1 aromatic rings. The molecular formula is C15H24ClN3O2. The molecule has 0 saturated carbocycles. The first-order valence-corrected chi connectivity index (χ1v) is 7.36. The highest BCUT2D eigenvalue weighted by Crippen LogP contribution is 2.23. The second kappa shape index (κ2) is 8.97. The van der Waals surface area contributed by atoms with Crippen molar-refractivity contribution >= 4 is 18.1 Å². The van der Waals surface area contributed by atoms with Gasteiger partial charge in [0.15, 0.2) is 0 Å². The van der Waals surface area contributed by atoms with Crippen LogP contribution >= 0.6 is 12.4 Å². The van der Waals surface area contributed by atoms with Crippen LogP contribution in [0, 0.1) is 16.0 Å². The maximum Gasteiger partial charge on any atom is 0.273 e. The average Bonchev–Trinajstić information content (AvgIpc) is 2.47. The number of hydrogen-bond donors (Lipinski definition) is 1. The highest BCUT2D eigenvalue weighted by Gasteiger charge is 2.21. The van der Waals surface area contributed by atoms with E-state index < -0.39 is 0 Å². The predicted molar refractivity (Wildman–Crippen MR) is 86.9 cm³/mol. The Kier molecular flexibility index (Phi) is 7.64. The van der Waals surface area contributed by atoms with Crippen molar-refractivity contribution in [1.29, 1.82) is 0 Å². The largest absolute Gasteiger partial charge is 0.317 e. The third-order valence-corrected chi connectivity index (χ3v) is 3.97. The maximum atomic E-state index is 11.0. The summed E-state index contributed by atoms with van der Waals surface area (Å²) in [6.45, 7) is 6.99. The molecule has 0 bridgehead atoms. The van der Waals surface area contributed by atoms with Crippen molar-refractivity contribution in [2.24, 2.45) is 5.92 Å². The number of benzene rings is 1. The monoisotopic (exact) mass is 313 g/mol. The topological polar surface area (TPSA) is 58.4 Å². The third kappa shape index (κ3) is 5.26. The van der Waals surface area contributed by atoms with E-state index in [-0.39, 0.29) is 23.0 Å². The van der Waals surface area contributed by atoms with E-state index in [4.69, 9.17) is 0 Å². The number of nitrogens with zero attached hydrogens (tertiary/aromatic N) is 2. The molecule has 0 aromatic heterocycles. The van der Waals surface area contributed by atoms with Crippen LogP contribution in [0.2, 0.25) is 0 Å². The molecule has 1 aliphatic rings. The standard InChI is InChI=1S/C15H23N3O2.ClH/c1-2-16-11-13-7-9-17(10-8-13)12-14-5-3-4-6-15(14)18(19)20;/h3-6,13,16H,2,7-12H2,1H3;1H. The Morgan fingerprint density at radius 2 is 2.00 bits per heavy atom. The first kappa shape index (κ1) is 17.9. The summed E-state index contributed by atoms with van der Waals surface area (Å²) in [6, 6.07) is 7.06. The van der Waals surface area contributed by atoms with E-state index in [1.807, 2.05) is 12.1 Å². The summed E-state index contributed by atoms with van der Waals surface area (Å²) in [7, 11) is 0. The molecule has 1 fully saturated rings. The van der Waals surface area contributed by atoms with E-state index in [1.165, 1.54) is 12.8 Å². The van der Waals surface area contributed by atoms with Gasteiger partial charge in [0, 0.05) is 18.2 Å². The molecule has 1 aliphatic heterocycles. The number of piperidine rings is 1. The fourth-order valence-electron chi connectivity index (χ4n) is 2.76. The molecule has 2 rings (SSSR count). The number of likely N-dealkylation sites (tertiary alicyclic amines) is 1. The molecule has 0 atom stereocenters. The van der Waals surface area contributed by atoms with Crippen molar-refractivity contribution in [3.8, 4) is 0 Å². The van der Waals surface area contributed by atoms with Crippen LogP contribution < -0.4 is 5.32 Å². The van der Waals surface area contributed by atoms with Crippen LogP contribution in [0.1, 0.15) is 25.3 Å². The predicted octanol–water partition coefficient (Wildman–Crippen LogP) is 2.84. The van der Waals surface area contributed by atoms with E-state index >= 15 is 0 Å². The Morgan fingerprint density at radius 3 is 2.62 bits per heavy atom. The van der Waals surface area contributed by atoms with Crippen molar-refractivity contribution in [2.45, 2.75) is 26.3 Å². The first-order valence-electron chi connectivity index (χ1n) is 7.36. The summed E-state index contributed by atoms with van der Waals surface area (Å²) >= 11 is 0. The van der Waals surface area contributed by atoms with Gasteiger partial charge in [-0.05, 0) is 44.9 Å². The average molecular weight is 314 g/mol. The molecule has 21 heavy (non-hydrogen) atoms. The van der Waals surface area contributed by atoms with Crippen LogP contribution in [0.4, 0.5) is 5.69 Å². The summed E-state index contributed by atoms with van der Waals surface area (Å²) in [5.41, 5.74) is 1.06. The van der Waals surface area contributed by atoms with Crippen molar-refractivity contribution in [1.82, 2.24) is 10.2 Å². The number of halogens is 1. The van der Waals surface area contributed by atoms with Gasteiger partial charge in [0.2, 0.25) is 0 Å². The first-order chi connectivity index (χ1) is 9.70. The quantitative estimate of drug-likeness (QED) is 0.648. The second-order valence-electron chi connectivity index (χ2n) is 5.41. The van der Waals surface area contributed by atoms with Gasteiger partial charge in [0.25, 0.3) is 5.69 Å². The molecule has 0 aliphatic carbocycles. The van der Waals surface area contributed by atoms with Crippen LogP contribution in [0.15, 0.2) is 24.3 Å². The minimum atomic E-state index is -0.284. The molecule has 1 aromatic carbocycles. The number of nitro benzene ring substituents is 1. The van der Waals surface area contributed by atoms with E-state index in [9.17, 15) is 10.1 Å². The van der Waals surface area contributed by atoms with E-state index in [0.717, 1.165) is 37.7 Å². The zero-order valence-electron chi connectivity index (χ0n) is 12.5. The Bertz CT molecular complexity index is 448. The number of nitrogens with one attached hydrogen (secondary N) is 1.